The van der Waals surface area contributed by atoms with Gasteiger partial charge in [0.15, 0.2) is 0 Å². The molecule has 0 bridgehead atoms. The maximum Gasteiger partial charge on any atom is 0.0494 e. The molecule has 2 fully saturated rings. The molecule has 92 valence electrons. The van der Waals surface area contributed by atoms with Crippen LogP contribution in [0.15, 0.2) is 22.7 Å². The van der Waals surface area contributed by atoms with Gasteiger partial charge >= 0.3 is 0 Å². The molecule has 17 heavy (non-hydrogen) atoms. The van der Waals surface area contributed by atoms with Gasteiger partial charge in [0.05, 0.1) is 0 Å². The zero-order chi connectivity index (χ0) is 11.8. The molecular weight excluding hydrogens is 298 g/mol. The average Bonchev–Trinajstić information content (AvgIpc) is 3.17. The van der Waals surface area contributed by atoms with Crippen LogP contribution < -0.4 is 4.90 Å². The Morgan fingerprint density at radius 3 is 2.59 bits per heavy atom. The molecule has 0 heterocycles. The highest BCUT2D eigenvalue weighted by molar-refractivity contribution is 9.10. The van der Waals surface area contributed by atoms with Crippen molar-refractivity contribution < 1.29 is 0 Å². The van der Waals surface area contributed by atoms with Gasteiger partial charge in [0.1, 0.15) is 0 Å². The van der Waals surface area contributed by atoms with Crippen molar-refractivity contribution in [1.82, 2.24) is 0 Å². The molecule has 2 aliphatic carbocycles. The highest BCUT2D eigenvalue weighted by Gasteiger charge is 2.34. The predicted octanol–water partition coefficient (Wildman–Crippen LogP) is 4.57. The third-order valence-electron chi connectivity index (χ3n) is 3.64. The summed E-state index contributed by atoms with van der Waals surface area (Å²) in [6.45, 7) is 1.23. The third kappa shape index (κ3) is 2.79. The molecule has 0 aromatic heterocycles. The Morgan fingerprint density at radius 1 is 1.24 bits per heavy atom. The number of nitrogens with zero attached hydrogens (tertiary/aromatic N) is 1. The largest absolute Gasteiger partial charge is 0.368 e. The van der Waals surface area contributed by atoms with Gasteiger partial charge in [-0.15, -0.1) is 11.6 Å². The average molecular weight is 315 g/mol. The van der Waals surface area contributed by atoms with Crippen LogP contribution in [-0.2, 0) is 5.88 Å². The Bertz CT molecular complexity index is 413. The summed E-state index contributed by atoms with van der Waals surface area (Å²) in [7, 11) is 0. The minimum Gasteiger partial charge on any atom is -0.368 e. The van der Waals surface area contributed by atoms with Gasteiger partial charge in [-0.2, -0.15) is 0 Å². The number of halogens is 2. The van der Waals surface area contributed by atoms with Crippen LogP contribution >= 0.6 is 27.5 Å². The summed E-state index contributed by atoms with van der Waals surface area (Å²) >= 11 is 9.64. The number of hydrogen-bond donors (Lipinski definition) is 0. The highest BCUT2D eigenvalue weighted by atomic mass is 79.9. The van der Waals surface area contributed by atoms with Crippen LogP contribution in [0, 0.1) is 5.92 Å². The first-order valence-electron chi connectivity index (χ1n) is 6.39. The van der Waals surface area contributed by atoms with Crippen LogP contribution in [0.3, 0.4) is 0 Å². The zero-order valence-corrected chi connectivity index (χ0v) is 12.2. The second-order valence-corrected chi connectivity index (χ2v) is 6.42. The molecule has 1 aromatic rings. The van der Waals surface area contributed by atoms with Gasteiger partial charge in [-0.1, -0.05) is 22.0 Å². The van der Waals surface area contributed by atoms with Crippen molar-refractivity contribution in [1.29, 1.82) is 0 Å². The van der Waals surface area contributed by atoms with Crippen molar-refractivity contribution in [3.63, 3.8) is 0 Å². The molecule has 0 amide bonds. The molecule has 2 saturated carbocycles. The van der Waals surface area contributed by atoms with Crippen molar-refractivity contribution in [2.75, 3.05) is 11.4 Å². The molecule has 3 heteroatoms. The summed E-state index contributed by atoms with van der Waals surface area (Å²) in [6.07, 6.45) is 5.52. The molecule has 0 spiro atoms. The molecule has 3 rings (SSSR count). The fraction of sp³-hybridized carbons (Fsp3) is 0.571. The quantitative estimate of drug-likeness (QED) is 0.720. The van der Waals surface area contributed by atoms with E-state index in [4.69, 9.17) is 11.6 Å². The number of rotatable bonds is 5. The van der Waals surface area contributed by atoms with Gasteiger partial charge in [-0.25, -0.2) is 0 Å². The van der Waals surface area contributed by atoms with Gasteiger partial charge in [0.25, 0.3) is 0 Å². The first kappa shape index (κ1) is 11.9. The topological polar surface area (TPSA) is 3.24 Å². The Kier molecular flexibility index (Phi) is 3.36. The normalized spacial score (nSPS) is 19.4. The number of hydrogen-bond acceptors (Lipinski definition) is 1. The summed E-state index contributed by atoms with van der Waals surface area (Å²) < 4.78 is 1.16. The summed E-state index contributed by atoms with van der Waals surface area (Å²) in [6, 6.07) is 7.24. The third-order valence-corrected chi connectivity index (χ3v) is 4.42. The van der Waals surface area contributed by atoms with E-state index in [0.717, 1.165) is 16.4 Å². The van der Waals surface area contributed by atoms with E-state index in [-0.39, 0.29) is 0 Å². The lowest BCUT2D eigenvalue weighted by Gasteiger charge is -2.27. The molecule has 1 aromatic carbocycles. The Balaban J connectivity index is 1.89. The van der Waals surface area contributed by atoms with E-state index in [1.54, 1.807) is 0 Å². The standard InChI is InChI=1S/C14H17BrClN/c15-12-4-3-11(8-16)14(7-12)17(13-5-6-13)9-10-1-2-10/h3-4,7,10,13H,1-2,5-6,8-9H2. The molecule has 0 radical (unpaired) electrons. The first-order chi connectivity index (χ1) is 8.28. The van der Waals surface area contributed by atoms with Gasteiger partial charge < -0.3 is 4.90 Å². The lowest BCUT2D eigenvalue weighted by atomic mass is 10.1. The molecule has 0 unspecified atom stereocenters. The molecule has 0 saturated heterocycles. The van der Waals surface area contributed by atoms with Crippen LogP contribution in [0.4, 0.5) is 5.69 Å². The van der Waals surface area contributed by atoms with Gasteiger partial charge in [-0.05, 0) is 49.3 Å². The Hall–Kier alpha value is -0.210. The van der Waals surface area contributed by atoms with E-state index in [9.17, 15) is 0 Å². The van der Waals surface area contributed by atoms with Crippen molar-refractivity contribution in [2.24, 2.45) is 5.92 Å². The predicted molar refractivity (Wildman–Crippen MR) is 76.8 cm³/mol. The van der Waals surface area contributed by atoms with Gasteiger partial charge in [0.2, 0.25) is 0 Å². The van der Waals surface area contributed by atoms with E-state index >= 15 is 0 Å². The number of benzene rings is 1. The second-order valence-electron chi connectivity index (χ2n) is 5.23. The van der Waals surface area contributed by atoms with E-state index in [2.05, 4.69) is 39.0 Å². The molecule has 2 aliphatic rings. The molecule has 1 nitrogen and oxygen atoms in total. The smallest absolute Gasteiger partial charge is 0.0494 e. The summed E-state index contributed by atoms with van der Waals surface area (Å²) in [5.74, 6) is 1.54. The van der Waals surface area contributed by atoms with Crippen molar-refractivity contribution in [2.45, 2.75) is 37.6 Å². The summed E-state index contributed by atoms with van der Waals surface area (Å²) in [5.41, 5.74) is 2.62. The summed E-state index contributed by atoms with van der Waals surface area (Å²) in [4.78, 5) is 2.60. The second kappa shape index (κ2) is 4.81. The number of alkyl halides is 1. The zero-order valence-electron chi connectivity index (χ0n) is 9.83. The fourth-order valence-electron chi connectivity index (χ4n) is 2.33. The maximum atomic E-state index is 6.06. The lowest BCUT2D eigenvalue weighted by Crippen LogP contribution is -2.28. The number of anilines is 1. The minimum atomic E-state index is 0.608. The van der Waals surface area contributed by atoms with Gasteiger partial charge in [0, 0.05) is 28.6 Å². The van der Waals surface area contributed by atoms with Crippen LogP contribution in [-0.4, -0.2) is 12.6 Å². The van der Waals surface area contributed by atoms with Crippen LogP contribution in [0.2, 0.25) is 0 Å². The highest BCUT2D eigenvalue weighted by Crippen LogP contribution is 2.39. The first-order valence-corrected chi connectivity index (χ1v) is 7.71. The molecule has 0 N–H and O–H groups in total. The van der Waals surface area contributed by atoms with Crippen molar-refractivity contribution in [3.05, 3.63) is 28.2 Å². The van der Waals surface area contributed by atoms with E-state index in [1.165, 1.54) is 43.5 Å². The summed E-state index contributed by atoms with van der Waals surface area (Å²) in [5, 5.41) is 0. The fourth-order valence-corrected chi connectivity index (χ4v) is 2.90. The van der Waals surface area contributed by atoms with Crippen LogP contribution in [0.5, 0.6) is 0 Å². The lowest BCUT2D eigenvalue weighted by molar-refractivity contribution is 0.716. The van der Waals surface area contributed by atoms with Gasteiger partial charge in [-0.3, -0.25) is 0 Å². The minimum absolute atomic E-state index is 0.608. The van der Waals surface area contributed by atoms with Crippen molar-refractivity contribution in [3.8, 4) is 0 Å². The Labute approximate surface area is 116 Å². The molecule has 0 aliphatic heterocycles. The maximum absolute atomic E-state index is 6.06. The van der Waals surface area contributed by atoms with Crippen LogP contribution in [0.25, 0.3) is 0 Å². The van der Waals surface area contributed by atoms with Crippen molar-refractivity contribution >= 4 is 33.2 Å². The molecule has 0 atom stereocenters. The van der Waals surface area contributed by atoms with E-state index in [1.807, 2.05) is 0 Å². The monoisotopic (exact) mass is 313 g/mol. The SMILES string of the molecule is ClCc1ccc(Br)cc1N(CC1CC1)C1CC1. The van der Waals surface area contributed by atoms with Crippen LogP contribution in [0.1, 0.15) is 31.2 Å². The molecular formula is C14H17BrClN. The Morgan fingerprint density at radius 2 is 2.00 bits per heavy atom. The van der Waals surface area contributed by atoms with E-state index < -0.39 is 0 Å². The van der Waals surface area contributed by atoms with E-state index in [0.29, 0.717) is 5.88 Å².